The number of rotatable bonds is 6. The Kier molecular flexibility index (Phi) is 7.93. The molecule has 7 heteroatoms. The van der Waals surface area contributed by atoms with Crippen LogP contribution in [0.5, 0.6) is 5.75 Å². The van der Waals surface area contributed by atoms with Crippen molar-refractivity contribution in [3.8, 4) is 5.75 Å². The predicted octanol–water partition coefficient (Wildman–Crippen LogP) is 5.02. The first-order valence-electron chi connectivity index (χ1n) is 9.89. The number of benzene rings is 1. The minimum Gasteiger partial charge on any atom is -0.544 e. The second kappa shape index (κ2) is 9.20. The van der Waals surface area contributed by atoms with Crippen molar-refractivity contribution in [3.05, 3.63) is 29.8 Å². The molecule has 164 valence electrons. The molecule has 0 saturated heterocycles. The van der Waals surface area contributed by atoms with Crippen LogP contribution in [0.3, 0.4) is 0 Å². The van der Waals surface area contributed by atoms with Gasteiger partial charge in [-0.2, -0.15) is 0 Å². The monoisotopic (exact) mass is 423 g/mol. The molecular weight excluding hydrogens is 386 g/mol. The molecular formula is C22H37NO5Si. The van der Waals surface area contributed by atoms with Crippen molar-refractivity contribution >= 4 is 20.4 Å². The van der Waals surface area contributed by atoms with Crippen molar-refractivity contribution in [2.24, 2.45) is 0 Å². The Balaban J connectivity index is 2.96. The van der Waals surface area contributed by atoms with Gasteiger partial charge in [0, 0.05) is 13.5 Å². The van der Waals surface area contributed by atoms with Gasteiger partial charge in [-0.3, -0.25) is 4.90 Å². The second-order valence-electron chi connectivity index (χ2n) is 9.84. The van der Waals surface area contributed by atoms with Gasteiger partial charge in [-0.05, 0) is 56.6 Å². The van der Waals surface area contributed by atoms with Gasteiger partial charge in [-0.1, -0.05) is 32.9 Å². The smallest absolute Gasteiger partial charge is 0.410 e. The van der Waals surface area contributed by atoms with Crippen molar-refractivity contribution in [3.63, 3.8) is 0 Å². The summed E-state index contributed by atoms with van der Waals surface area (Å²) in [7, 11) is 0.942. The van der Waals surface area contributed by atoms with Gasteiger partial charge in [0.2, 0.25) is 8.32 Å². The molecule has 6 nitrogen and oxygen atoms in total. The highest BCUT2D eigenvalue weighted by Crippen LogP contribution is 2.37. The predicted molar refractivity (Wildman–Crippen MR) is 118 cm³/mol. The van der Waals surface area contributed by atoms with Crippen LogP contribution in [0.2, 0.25) is 18.1 Å². The average molecular weight is 424 g/mol. The zero-order valence-electron chi connectivity index (χ0n) is 19.6. The van der Waals surface area contributed by atoms with Crippen LogP contribution < -0.4 is 4.43 Å². The summed E-state index contributed by atoms with van der Waals surface area (Å²) in [5.74, 6) is 0.329. The second-order valence-corrected chi connectivity index (χ2v) is 14.6. The van der Waals surface area contributed by atoms with Crippen molar-refractivity contribution < 1.29 is 23.5 Å². The highest BCUT2D eigenvalue weighted by molar-refractivity contribution is 6.74. The molecule has 0 fully saturated rings. The number of methoxy groups -OCH3 is 1. The molecule has 1 rings (SSSR count). The molecule has 0 saturated carbocycles. The number of likely N-dealkylation sites (N-methyl/N-ethyl adjacent to an activating group) is 1. The fraction of sp³-hybridized carbons (Fsp3) is 0.636. The van der Waals surface area contributed by atoms with Gasteiger partial charge in [0.15, 0.2) is 0 Å². The number of ether oxygens (including phenoxy) is 2. The zero-order valence-corrected chi connectivity index (χ0v) is 20.6. The maximum Gasteiger partial charge on any atom is 0.410 e. The van der Waals surface area contributed by atoms with Crippen molar-refractivity contribution in [2.75, 3.05) is 14.2 Å². The van der Waals surface area contributed by atoms with E-state index in [9.17, 15) is 9.59 Å². The molecule has 1 unspecified atom stereocenters. The van der Waals surface area contributed by atoms with Crippen LogP contribution in [0.4, 0.5) is 4.79 Å². The summed E-state index contributed by atoms with van der Waals surface area (Å²) < 4.78 is 16.6. The van der Waals surface area contributed by atoms with Crippen LogP contribution in [0.15, 0.2) is 24.3 Å². The summed E-state index contributed by atoms with van der Waals surface area (Å²) >= 11 is 0. The molecule has 0 heterocycles. The third-order valence-electron chi connectivity index (χ3n) is 5.15. The Bertz CT molecular complexity index is 701. The van der Waals surface area contributed by atoms with E-state index >= 15 is 0 Å². The summed E-state index contributed by atoms with van der Waals surface area (Å²) in [6.07, 6.45) is -0.242. The topological polar surface area (TPSA) is 65.1 Å². The third-order valence-corrected chi connectivity index (χ3v) is 9.51. The van der Waals surface area contributed by atoms with E-state index in [-0.39, 0.29) is 5.04 Å². The van der Waals surface area contributed by atoms with E-state index in [2.05, 4.69) is 33.9 Å². The Hall–Kier alpha value is -2.02. The van der Waals surface area contributed by atoms with Crippen molar-refractivity contribution in [2.45, 2.75) is 77.7 Å². The van der Waals surface area contributed by atoms with Crippen LogP contribution in [0, 0.1) is 0 Å². The standard InChI is InChI=1S/C22H37NO5Si/c1-21(2,3)27-20(25)23(7)18(19(24)26-8)15-16-11-13-17(14-12-16)28-29(9,10)22(4,5)6/h11-14,18H,15H2,1-10H3. The van der Waals surface area contributed by atoms with Crippen LogP contribution in [0.1, 0.15) is 47.1 Å². The van der Waals surface area contributed by atoms with Crippen molar-refractivity contribution in [1.82, 2.24) is 4.90 Å². The van der Waals surface area contributed by atoms with Crippen molar-refractivity contribution in [1.29, 1.82) is 0 Å². The van der Waals surface area contributed by atoms with Crippen LogP contribution in [0.25, 0.3) is 0 Å². The lowest BCUT2D eigenvalue weighted by atomic mass is 10.0. The Morgan fingerprint density at radius 2 is 1.55 bits per heavy atom. The quantitative estimate of drug-likeness (QED) is 0.475. The van der Waals surface area contributed by atoms with E-state index in [0.29, 0.717) is 6.42 Å². The summed E-state index contributed by atoms with van der Waals surface area (Å²) in [6, 6.07) is 6.89. The highest BCUT2D eigenvalue weighted by atomic mass is 28.4. The number of amides is 1. The Morgan fingerprint density at radius 1 is 1.03 bits per heavy atom. The molecule has 1 amide bonds. The SMILES string of the molecule is COC(=O)C(Cc1ccc(O[Si](C)(C)C(C)(C)C)cc1)N(C)C(=O)OC(C)(C)C. The average Bonchev–Trinajstić information content (AvgIpc) is 2.57. The van der Waals surface area contributed by atoms with Gasteiger partial charge in [0.1, 0.15) is 17.4 Å². The van der Waals surface area contributed by atoms with E-state index in [0.717, 1.165) is 11.3 Å². The van der Waals surface area contributed by atoms with Gasteiger partial charge < -0.3 is 13.9 Å². The molecule has 0 aliphatic rings. The van der Waals surface area contributed by atoms with Gasteiger partial charge in [0.05, 0.1) is 7.11 Å². The fourth-order valence-corrected chi connectivity index (χ4v) is 3.37. The molecule has 1 aromatic carbocycles. The summed E-state index contributed by atoms with van der Waals surface area (Å²) in [5.41, 5.74) is 0.257. The summed E-state index contributed by atoms with van der Waals surface area (Å²) in [5, 5.41) is 0.109. The summed E-state index contributed by atoms with van der Waals surface area (Å²) in [4.78, 5) is 26.0. The molecule has 0 aliphatic carbocycles. The third kappa shape index (κ3) is 7.38. The Morgan fingerprint density at radius 3 is 1.97 bits per heavy atom. The van der Waals surface area contributed by atoms with E-state index in [1.54, 1.807) is 27.8 Å². The zero-order chi connectivity index (χ0) is 22.6. The van der Waals surface area contributed by atoms with Crippen LogP contribution in [-0.2, 0) is 20.7 Å². The largest absolute Gasteiger partial charge is 0.544 e. The normalized spacial score (nSPS) is 13.4. The molecule has 0 bridgehead atoms. The number of hydrogen-bond donors (Lipinski definition) is 0. The summed E-state index contributed by atoms with van der Waals surface area (Å²) in [6.45, 7) is 16.3. The first-order valence-corrected chi connectivity index (χ1v) is 12.8. The number of carbonyl (C=O) groups excluding carboxylic acids is 2. The minimum absolute atomic E-state index is 0.109. The van der Waals surface area contributed by atoms with Gasteiger partial charge >= 0.3 is 12.1 Å². The number of carbonyl (C=O) groups is 2. The molecule has 0 aliphatic heterocycles. The molecule has 0 radical (unpaired) electrons. The molecule has 1 atom stereocenters. The lowest BCUT2D eigenvalue weighted by molar-refractivity contribution is -0.146. The van der Waals surface area contributed by atoms with E-state index < -0.39 is 32.0 Å². The van der Waals surface area contributed by atoms with Crippen LogP contribution in [-0.4, -0.2) is 51.1 Å². The van der Waals surface area contributed by atoms with Gasteiger partial charge in [-0.25, -0.2) is 9.59 Å². The molecule has 0 aromatic heterocycles. The first-order chi connectivity index (χ1) is 13.1. The highest BCUT2D eigenvalue weighted by Gasteiger charge is 2.39. The fourth-order valence-electron chi connectivity index (χ4n) is 2.34. The van der Waals surface area contributed by atoms with E-state index in [4.69, 9.17) is 13.9 Å². The van der Waals surface area contributed by atoms with E-state index in [1.807, 2.05) is 24.3 Å². The minimum atomic E-state index is -1.92. The molecule has 0 spiro atoms. The number of hydrogen-bond acceptors (Lipinski definition) is 5. The lowest BCUT2D eigenvalue weighted by Crippen LogP contribution is -2.46. The maximum absolute atomic E-state index is 12.4. The van der Waals surface area contributed by atoms with E-state index in [1.165, 1.54) is 12.0 Å². The Labute approximate surface area is 176 Å². The van der Waals surface area contributed by atoms with Gasteiger partial charge in [-0.15, -0.1) is 0 Å². The van der Waals surface area contributed by atoms with Gasteiger partial charge in [0.25, 0.3) is 0 Å². The molecule has 1 aromatic rings. The number of esters is 1. The first kappa shape index (κ1) is 25.0. The number of nitrogens with zero attached hydrogens (tertiary/aromatic N) is 1. The lowest BCUT2D eigenvalue weighted by Gasteiger charge is -2.36. The van der Waals surface area contributed by atoms with Crippen LogP contribution >= 0.6 is 0 Å². The molecule has 29 heavy (non-hydrogen) atoms. The molecule has 0 N–H and O–H groups in total. The maximum atomic E-state index is 12.4.